The van der Waals surface area contributed by atoms with E-state index in [1.165, 1.54) is 33.3 Å². The first kappa shape index (κ1) is 40.8. The largest absolute Gasteiger partial charge is 0.439 e. The van der Waals surface area contributed by atoms with Gasteiger partial charge in [0.2, 0.25) is 11.6 Å². The number of aryl methyl sites for hydroxylation is 1. The van der Waals surface area contributed by atoms with Crippen LogP contribution >= 0.6 is 0 Å². The summed E-state index contributed by atoms with van der Waals surface area (Å²) >= 11 is 0. The zero-order valence-corrected chi connectivity index (χ0v) is 31.0. The van der Waals surface area contributed by atoms with Crippen LogP contribution in [0.25, 0.3) is 0 Å². The number of nitrogens with zero attached hydrogens (tertiary/aromatic N) is 2. The van der Waals surface area contributed by atoms with Gasteiger partial charge in [0.25, 0.3) is 11.8 Å². The normalized spacial score (nSPS) is 28.5. The number of ether oxygens (including phenoxy) is 3. The van der Waals surface area contributed by atoms with Gasteiger partial charge in [-0.1, -0.05) is 38.2 Å². The van der Waals surface area contributed by atoms with Crippen molar-refractivity contribution in [1.82, 2.24) is 20.4 Å². The molecule has 5 N–H and O–H groups in total. The Kier molecular flexibility index (Phi) is 13.6. The number of rotatable bonds is 5. The number of methoxy groups -OCH3 is 2. The zero-order valence-electron chi connectivity index (χ0n) is 31.0. The molecule has 0 spiro atoms. The standard InChI is InChI=1S/C37H51N5O9/c1-19-14-24-30(40-35(47)26-17-23(5)41-42(26)37(6,7)8)27(43)18-25(32(24)45)39-34(46)20(2)12-11-13-28(49-9)33(51-36(38)48)22(4)16-21(3)31(44)29(15-19)50-10/h11-13,16-19,21,28-29,31,33,44H,14-15H2,1-10H3,(H2,38,48)(H,39,46)(H,40,47)/b13-11-,20-12+,22-16+/t19-,21+,28+,29+,31-,33+/m1/s1. The summed E-state index contributed by atoms with van der Waals surface area (Å²) in [7, 11) is 2.87. The van der Waals surface area contributed by atoms with E-state index in [4.69, 9.17) is 19.9 Å². The predicted octanol–water partition coefficient (Wildman–Crippen LogP) is 3.45. The average Bonchev–Trinajstić information content (AvgIpc) is 3.46. The summed E-state index contributed by atoms with van der Waals surface area (Å²) in [4.78, 5) is 66.4. The number of nitrogens with two attached hydrogens (primary N) is 1. The van der Waals surface area contributed by atoms with Gasteiger partial charge < -0.3 is 35.7 Å². The highest BCUT2D eigenvalue weighted by molar-refractivity contribution is 6.24. The predicted molar refractivity (Wildman–Crippen MR) is 189 cm³/mol. The smallest absolute Gasteiger partial charge is 0.405 e. The Morgan fingerprint density at radius 3 is 2.35 bits per heavy atom. The zero-order chi connectivity index (χ0) is 38.4. The molecule has 51 heavy (non-hydrogen) atoms. The van der Waals surface area contributed by atoms with E-state index in [-0.39, 0.29) is 47.0 Å². The Bertz CT molecular complexity index is 1690. The molecule has 2 heterocycles. The number of carbonyl (C=O) groups is 5. The molecule has 1 aliphatic carbocycles. The fraction of sp³-hybridized carbons (Fsp3) is 0.514. The molecule has 14 nitrogen and oxygen atoms in total. The van der Waals surface area contributed by atoms with Crippen LogP contribution in [0.4, 0.5) is 4.79 Å². The molecule has 3 rings (SSSR count). The molecule has 0 aromatic carbocycles. The molecule has 0 unspecified atom stereocenters. The first-order valence-electron chi connectivity index (χ1n) is 16.8. The Morgan fingerprint density at radius 2 is 1.76 bits per heavy atom. The van der Waals surface area contributed by atoms with Crippen molar-refractivity contribution in [2.24, 2.45) is 17.6 Å². The molecule has 0 radical (unpaired) electrons. The molecule has 0 saturated carbocycles. The number of fused-ring (bicyclic) bond motifs is 2. The van der Waals surface area contributed by atoms with Gasteiger partial charge in [-0.05, 0) is 71.9 Å². The minimum Gasteiger partial charge on any atom is -0.439 e. The molecule has 1 aromatic heterocycles. The van der Waals surface area contributed by atoms with Crippen LogP contribution in [-0.2, 0) is 34.1 Å². The first-order chi connectivity index (χ1) is 23.8. The van der Waals surface area contributed by atoms with Gasteiger partial charge in [-0.25, -0.2) is 4.79 Å². The SMILES string of the molecule is CO[C@H]1/C=C\C=C(/C)C(=O)NC2=CC(=O)C(NC(=O)c3cc(C)nn3C(C)(C)C)=C(C[C@@H](C)C[C@H](OC)[C@H](O)[C@@H](C)/C=C(\C)[C@@H]1OC(N)=O)C2=O. The molecular weight excluding hydrogens is 658 g/mol. The highest BCUT2D eigenvalue weighted by Crippen LogP contribution is 2.29. The molecule has 1 aromatic rings. The summed E-state index contributed by atoms with van der Waals surface area (Å²) in [5.41, 5.74) is 5.89. The Morgan fingerprint density at radius 1 is 1.10 bits per heavy atom. The summed E-state index contributed by atoms with van der Waals surface area (Å²) in [5, 5.41) is 21.1. The van der Waals surface area contributed by atoms with Crippen molar-refractivity contribution < 1.29 is 43.3 Å². The van der Waals surface area contributed by atoms with E-state index >= 15 is 0 Å². The molecule has 0 saturated heterocycles. The number of primary amides is 1. The third-order valence-electron chi connectivity index (χ3n) is 8.73. The van der Waals surface area contributed by atoms with Crippen molar-refractivity contribution in [1.29, 1.82) is 0 Å². The minimum absolute atomic E-state index is 0.000786. The van der Waals surface area contributed by atoms with Crippen LogP contribution in [0, 0.1) is 18.8 Å². The lowest BCUT2D eigenvalue weighted by Gasteiger charge is -2.30. The lowest BCUT2D eigenvalue weighted by molar-refractivity contribution is -0.120. The third-order valence-corrected chi connectivity index (χ3v) is 8.73. The van der Waals surface area contributed by atoms with Crippen molar-refractivity contribution in [3.8, 4) is 0 Å². The van der Waals surface area contributed by atoms with Crippen LogP contribution in [0.15, 0.2) is 64.6 Å². The van der Waals surface area contributed by atoms with E-state index in [1.54, 1.807) is 43.7 Å². The molecule has 0 fully saturated rings. The van der Waals surface area contributed by atoms with Gasteiger partial charge in [-0.15, -0.1) is 0 Å². The first-order valence-corrected chi connectivity index (χ1v) is 16.8. The second-order valence-electron chi connectivity index (χ2n) is 14.1. The summed E-state index contributed by atoms with van der Waals surface area (Å²) in [5.74, 6) is -3.47. The van der Waals surface area contributed by atoms with Crippen molar-refractivity contribution >= 4 is 29.5 Å². The number of hydrogen-bond acceptors (Lipinski definition) is 10. The number of nitrogens with one attached hydrogen (secondary N) is 2. The molecule has 6 atom stereocenters. The van der Waals surface area contributed by atoms with Crippen LogP contribution in [0.2, 0.25) is 0 Å². The van der Waals surface area contributed by atoms with Crippen LogP contribution in [0.5, 0.6) is 0 Å². The maximum Gasteiger partial charge on any atom is 0.405 e. The van der Waals surface area contributed by atoms with Gasteiger partial charge in [0.1, 0.15) is 11.8 Å². The number of ketones is 2. The number of carbonyl (C=O) groups excluding carboxylic acids is 5. The van der Waals surface area contributed by atoms with E-state index in [1.807, 2.05) is 27.7 Å². The summed E-state index contributed by atoms with van der Waals surface area (Å²) in [6.07, 6.45) is 2.95. The van der Waals surface area contributed by atoms with Gasteiger partial charge in [0.05, 0.1) is 34.8 Å². The van der Waals surface area contributed by atoms with Gasteiger partial charge >= 0.3 is 6.09 Å². The maximum absolute atomic E-state index is 14.0. The number of aliphatic hydroxyl groups is 1. The van der Waals surface area contributed by atoms with E-state index in [0.29, 0.717) is 11.3 Å². The van der Waals surface area contributed by atoms with Crippen LogP contribution in [-0.4, -0.2) is 83.0 Å². The van der Waals surface area contributed by atoms with Crippen LogP contribution < -0.4 is 16.4 Å². The van der Waals surface area contributed by atoms with Crippen molar-refractivity contribution in [2.75, 3.05) is 14.2 Å². The van der Waals surface area contributed by atoms with Crippen LogP contribution in [0.1, 0.15) is 77.5 Å². The van der Waals surface area contributed by atoms with Crippen molar-refractivity contribution in [3.63, 3.8) is 0 Å². The van der Waals surface area contributed by atoms with Gasteiger partial charge in [0, 0.05) is 37.4 Å². The Hall–Kier alpha value is -4.66. The van der Waals surface area contributed by atoms with E-state index in [2.05, 4.69) is 15.7 Å². The number of amides is 3. The Balaban J connectivity index is 2.12. The lowest BCUT2D eigenvalue weighted by Crippen LogP contribution is -2.39. The van der Waals surface area contributed by atoms with Crippen LogP contribution in [0.3, 0.4) is 0 Å². The van der Waals surface area contributed by atoms with Gasteiger partial charge in [0.15, 0.2) is 6.10 Å². The molecule has 3 amide bonds. The number of allylic oxidation sites excluding steroid dienone is 4. The van der Waals surface area contributed by atoms with E-state index in [0.717, 1.165) is 6.08 Å². The fourth-order valence-corrected chi connectivity index (χ4v) is 6.07. The lowest BCUT2D eigenvalue weighted by atomic mass is 9.85. The topological polar surface area (TPSA) is 201 Å². The minimum atomic E-state index is -1.04. The Labute approximate surface area is 298 Å². The number of aliphatic hydroxyl groups excluding tert-OH is 1. The average molecular weight is 710 g/mol. The number of Topliss-reactive ketones (excluding diaryl/α,β-unsaturated/α-hetero) is 1. The monoisotopic (exact) mass is 709 g/mol. The third kappa shape index (κ3) is 10.2. The van der Waals surface area contributed by atoms with Gasteiger partial charge in [-0.2, -0.15) is 5.10 Å². The maximum atomic E-state index is 14.0. The second-order valence-corrected chi connectivity index (χ2v) is 14.1. The highest BCUT2D eigenvalue weighted by atomic mass is 16.6. The number of hydrogen-bond donors (Lipinski definition) is 4. The second kappa shape index (κ2) is 17.0. The number of aromatic nitrogens is 2. The van der Waals surface area contributed by atoms with Gasteiger partial charge in [-0.3, -0.25) is 23.9 Å². The molecule has 14 heteroatoms. The summed E-state index contributed by atoms with van der Waals surface area (Å²) in [6.45, 7) is 14.2. The summed E-state index contributed by atoms with van der Waals surface area (Å²) in [6, 6.07) is 1.60. The molecule has 2 aliphatic rings. The quantitative estimate of drug-likeness (QED) is 0.259. The molecule has 2 bridgehead atoms. The fourth-order valence-electron chi connectivity index (χ4n) is 6.07. The highest BCUT2D eigenvalue weighted by Gasteiger charge is 2.35. The van der Waals surface area contributed by atoms with Crippen molar-refractivity contribution in [3.05, 3.63) is 75.9 Å². The van der Waals surface area contributed by atoms with E-state index in [9.17, 15) is 29.1 Å². The summed E-state index contributed by atoms with van der Waals surface area (Å²) < 4.78 is 18.2. The molecular formula is C37H51N5O9. The van der Waals surface area contributed by atoms with E-state index < -0.39 is 65.3 Å². The molecule has 1 aliphatic heterocycles. The molecule has 278 valence electrons. The van der Waals surface area contributed by atoms with Crippen molar-refractivity contribution in [2.45, 2.75) is 98.2 Å².